The summed E-state index contributed by atoms with van der Waals surface area (Å²) in [5, 5.41) is 4.66. The van der Waals surface area contributed by atoms with E-state index >= 15 is 0 Å². The van der Waals surface area contributed by atoms with Gasteiger partial charge in [0.2, 0.25) is 10.0 Å². The topological polar surface area (TPSA) is 75.5 Å². The Balaban J connectivity index is 1.50. The standard InChI is InChI=1S/C28H27FN4O3S/c1-20-12-14-22(15-13-20)37(35,36)32-17-16-27-24(18-32)26(30-31(27)2)19-33(21-8-4-3-5-9-21)28(34)23-10-6-7-11-25(23)29/h3-15H,16-19H2,1-2H3. The lowest BCUT2D eigenvalue weighted by Gasteiger charge is -2.28. The smallest absolute Gasteiger partial charge is 0.261 e. The predicted octanol–water partition coefficient (Wildman–Crippen LogP) is 4.46. The summed E-state index contributed by atoms with van der Waals surface area (Å²) < 4.78 is 44.5. The SMILES string of the molecule is Cc1ccc(S(=O)(=O)N2CCc3c(c(CN(C(=O)c4ccccc4F)c4ccccc4)nn3C)C2)cc1. The van der Waals surface area contributed by atoms with Crippen molar-refractivity contribution in [3.8, 4) is 0 Å². The van der Waals surface area contributed by atoms with Gasteiger partial charge in [0, 0.05) is 43.5 Å². The molecule has 0 N–H and O–H groups in total. The van der Waals surface area contributed by atoms with Crippen molar-refractivity contribution in [2.24, 2.45) is 7.05 Å². The molecule has 1 amide bonds. The van der Waals surface area contributed by atoms with Gasteiger partial charge in [-0.1, -0.05) is 48.0 Å². The molecule has 37 heavy (non-hydrogen) atoms. The molecule has 1 aliphatic rings. The van der Waals surface area contributed by atoms with Crippen molar-refractivity contribution in [3.05, 3.63) is 113 Å². The molecule has 0 aliphatic carbocycles. The monoisotopic (exact) mass is 518 g/mol. The summed E-state index contributed by atoms with van der Waals surface area (Å²) in [4.78, 5) is 15.3. The number of benzene rings is 3. The molecule has 0 fully saturated rings. The fraction of sp³-hybridized carbons (Fsp3) is 0.214. The molecule has 9 heteroatoms. The van der Waals surface area contributed by atoms with E-state index in [0.29, 0.717) is 24.3 Å². The van der Waals surface area contributed by atoms with Gasteiger partial charge >= 0.3 is 0 Å². The van der Waals surface area contributed by atoms with Crippen molar-refractivity contribution >= 4 is 21.6 Å². The largest absolute Gasteiger partial charge is 0.302 e. The molecule has 3 aromatic carbocycles. The number of rotatable bonds is 6. The summed E-state index contributed by atoms with van der Waals surface area (Å²) in [7, 11) is -1.89. The van der Waals surface area contributed by atoms with Crippen LogP contribution in [0.5, 0.6) is 0 Å². The van der Waals surface area contributed by atoms with Gasteiger partial charge in [0.05, 0.1) is 22.7 Å². The van der Waals surface area contributed by atoms with E-state index in [0.717, 1.165) is 16.8 Å². The van der Waals surface area contributed by atoms with E-state index in [1.54, 1.807) is 59.3 Å². The maximum absolute atomic E-state index is 14.6. The first-order chi connectivity index (χ1) is 17.8. The van der Waals surface area contributed by atoms with Crippen LogP contribution in [0.2, 0.25) is 0 Å². The third kappa shape index (κ3) is 4.80. The van der Waals surface area contributed by atoms with Gasteiger partial charge in [0.15, 0.2) is 0 Å². The summed E-state index contributed by atoms with van der Waals surface area (Å²) in [5.74, 6) is -1.10. The van der Waals surface area contributed by atoms with E-state index in [9.17, 15) is 17.6 Å². The molecule has 1 aliphatic heterocycles. The van der Waals surface area contributed by atoms with Crippen LogP contribution in [-0.4, -0.2) is 35.0 Å². The highest BCUT2D eigenvalue weighted by molar-refractivity contribution is 7.89. The summed E-state index contributed by atoms with van der Waals surface area (Å²) >= 11 is 0. The Kier molecular flexibility index (Phi) is 6.66. The summed E-state index contributed by atoms with van der Waals surface area (Å²) in [6.07, 6.45) is 0.497. The van der Waals surface area contributed by atoms with Gasteiger partial charge in [-0.15, -0.1) is 0 Å². The van der Waals surface area contributed by atoms with Crippen LogP contribution < -0.4 is 4.90 Å². The molecule has 4 aromatic rings. The van der Waals surface area contributed by atoms with Gasteiger partial charge in [0.25, 0.3) is 5.91 Å². The molecule has 0 spiro atoms. The van der Waals surface area contributed by atoms with E-state index in [2.05, 4.69) is 5.10 Å². The molecule has 0 radical (unpaired) electrons. The van der Waals surface area contributed by atoms with E-state index in [1.165, 1.54) is 27.4 Å². The maximum atomic E-state index is 14.6. The average Bonchev–Trinajstić information content (AvgIpc) is 3.22. The van der Waals surface area contributed by atoms with Gasteiger partial charge in [-0.05, 0) is 43.3 Å². The molecule has 0 saturated carbocycles. The number of amides is 1. The Bertz CT molecular complexity index is 1550. The Labute approximate surface area is 215 Å². The molecule has 1 aromatic heterocycles. The van der Waals surface area contributed by atoms with Crippen molar-refractivity contribution in [2.45, 2.75) is 31.3 Å². The van der Waals surface area contributed by atoms with Crippen molar-refractivity contribution in [3.63, 3.8) is 0 Å². The van der Waals surface area contributed by atoms with Crippen LogP contribution in [0.15, 0.2) is 83.8 Å². The number of nitrogens with zero attached hydrogens (tertiary/aromatic N) is 4. The van der Waals surface area contributed by atoms with Crippen LogP contribution in [0.4, 0.5) is 10.1 Å². The lowest BCUT2D eigenvalue weighted by Crippen LogP contribution is -2.37. The number of hydrogen-bond acceptors (Lipinski definition) is 4. The van der Waals surface area contributed by atoms with Crippen LogP contribution in [0, 0.1) is 12.7 Å². The van der Waals surface area contributed by atoms with Gasteiger partial charge in [0.1, 0.15) is 5.82 Å². The molecule has 7 nitrogen and oxygen atoms in total. The second kappa shape index (κ2) is 9.91. The number of aryl methyl sites for hydroxylation is 2. The third-order valence-electron chi connectivity index (χ3n) is 6.67. The molecule has 0 bridgehead atoms. The van der Waals surface area contributed by atoms with Crippen molar-refractivity contribution < 1.29 is 17.6 Å². The van der Waals surface area contributed by atoms with E-state index in [4.69, 9.17) is 0 Å². The van der Waals surface area contributed by atoms with Crippen LogP contribution in [0.3, 0.4) is 0 Å². The summed E-state index contributed by atoms with van der Waals surface area (Å²) in [5.41, 5.74) is 3.81. The number of carbonyl (C=O) groups is 1. The minimum atomic E-state index is -3.71. The quantitative estimate of drug-likeness (QED) is 0.378. The summed E-state index contributed by atoms with van der Waals surface area (Å²) in [6.45, 7) is 2.45. The first-order valence-electron chi connectivity index (χ1n) is 12.0. The van der Waals surface area contributed by atoms with Gasteiger partial charge < -0.3 is 4.90 Å². The predicted molar refractivity (Wildman–Crippen MR) is 139 cm³/mol. The number of halogens is 1. The molecule has 0 unspecified atom stereocenters. The first kappa shape index (κ1) is 24.9. The number of hydrogen-bond donors (Lipinski definition) is 0. The zero-order chi connectivity index (χ0) is 26.2. The highest BCUT2D eigenvalue weighted by Gasteiger charge is 2.33. The van der Waals surface area contributed by atoms with E-state index in [-0.39, 0.29) is 23.5 Å². The Morgan fingerprint density at radius 2 is 1.68 bits per heavy atom. The zero-order valence-corrected chi connectivity index (χ0v) is 21.5. The number of anilines is 1. The van der Waals surface area contributed by atoms with Crippen molar-refractivity contribution in [1.29, 1.82) is 0 Å². The second-order valence-corrected chi connectivity index (χ2v) is 11.0. The Morgan fingerprint density at radius 3 is 2.38 bits per heavy atom. The van der Waals surface area contributed by atoms with Gasteiger partial charge in [-0.25, -0.2) is 12.8 Å². The molecule has 2 heterocycles. The van der Waals surface area contributed by atoms with Crippen LogP contribution in [0.25, 0.3) is 0 Å². The van der Waals surface area contributed by atoms with Crippen LogP contribution >= 0.6 is 0 Å². The maximum Gasteiger partial charge on any atom is 0.261 e. The minimum Gasteiger partial charge on any atom is -0.302 e. The van der Waals surface area contributed by atoms with Crippen molar-refractivity contribution in [2.75, 3.05) is 11.4 Å². The average molecular weight is 519 g/mol. The Hall–Kier alpha value is -3.82. The van der Waals surface area contributed by atoms with Gasteiger partial charge in [-0.2, -0.15) is 9.40 Å². The molecule has 0 saturated heterocycles. The van der Waals surface area contributed by atoms with Crippen LogP contribution in [0.1, 0.15) is 32.9 Å². The minimum absolute atomic E-state index is 0.0419. The number of carbonyl (C=O) groups excluding carboxylic acids is 1. The highest BCUT2D eigenvalue weighted by atomic mass is 32.2. The normalized spacial score (nSPS) is 13.8. The Morgan fingerprint density at radius 1 is 1.00 bits per heavy atom. The number of fused-ring (bicyclic) bond motifs is 1. The number of sulfonamides is 1. The fourth-order valence-electron chi connectivity index (χ4n) is 4.65. The van der Waals surface area contributed by atoms with Gasteiger partial charge in [-0.3, -0.25) is 9.48 Å². The lowest BCUT2D eigenvalue weighted by atomic mass is 10.1. The molecule has 190 valence electrons. The third-order valence-corrected chi connectivity index (χ3v) is 8.53. The molecule has 5 rings (SSSR count). The second-order valence-electron chi connectivity index (χ2n) is 9.10. The van der Waals surface area contributed by atoms with E-state index < -0.39 is 21.7 Å². The molecular formula is C28H27FN4O3S. The first-order valence-corrected chi connectivity index (χ1v) is 13.4. The number of aromatic nitrogens is 2. The number of para-hydroxylation sites is 1. The zero-order valence-electron chi connectivity index (χ0n) is 20.6. The lowest BCUT2D eigenvalue weighted by molar-refractivity contribution is 0.0980. The molecule has 0 atom stereocenters. The van der Waals surface area contributed by atoms with Crippen molar-refractivity contribution in [1.82, 2.24) is 14.1 Å². The summed E-state index contributed by atoms with van der Waals surface area (Å²) in [6, 6.07) is 21.7. The molecular weight excluding hydrogens is 491 g/mol. The highest BCUT2D eigenvalue weighted by Crippen LogP contribution is 2.29. The van der Waals surface area contributed by atoms with Crippen LogP contribution in [-0.2, 0) is 36.6 Å². The van der Waals surface area contributed by atoms with E-state index in [1.807, 2.05) is 20.0 Å². The fourth-order valence-corrected chi connectivity index (χ4v) is 6.06.